The summed E-state index contributed by atoms with van der Waals surface area (Å²) in [7, 11) is 0. The van der Waals surface area contributed by atoms with Gasteiger partial charge in [-0.2, -0.15) is 0 Å². The SMILES string of the molecule is NC(=O)[C@H](Cc1ccc(OCc2ccccc2)c(OCc2ccccc2)c1)NC(=O)[C@@H]1CCC(=O)N1. The van der Waals surface area contributed by atoms with Crippen LogP contribution in [0.4, 0.5) is 0 Å². The van der Waals surface area contributed by atoms with Crippen molar-refractivity contribution < 1.29 is 23.9 Å². The van der Waals surface area contributed by atoms with Gasteiger partial charge >= 0.3 is 0 Å². The van der Waals surface area contributed by atoms with Gasteiger partial charge in [0.15, 0.2) is 11.5 Å². The number of rotatable bonds is 11. The first-order chi connectivity index (χ1) is 17.5. The van der Waals surface area contributed by atoms with Gasteiger partial charge in [-0.05, 0) is 35.2 Å². The maximum Gasteiger partial charge on any atom is 0.243 e. The van der Waals surface area contributed by atoms with Crippen LogP contribution in [-0.4, -0.2) is 29.8 Å². The molecule has 8 heteroatoms. The van der Waals surface area contributed by atoms with Crippen LogP contribution in [0.5, 0.6) is 11.5 Å². The van der Waals surface area contributed by atoms with Gasteiger partial charge in [-0.1, -0.05) is 66.7 Å². The van der Waals surface area contributed by atoms with Crippen LogP contribution in [0.15, 0.2) is 78.9 Å². The number of nitrogens with two attached hydrogens (primary N) is 1. The zero-order valence-electron chi connectivity index (χ0n) is 19.8. The van der Waals surface area contributed by atoms with Gasteiger partial charge in [0.1, 0.15) is 25.3 Å². The third-order valence-corrected chi connectivity index (χ3v) is 5.89. The van der Waals surface area contributed by atoms with Crippen LogP contribution in [0.2, 0.25) is 0 Å². The number of hydrogen-bond acceptors (Lipinski definition) is 5. The molecule has 1 heterocycles. The molecule has 1 fully saturated rings. The number of nitrogens with one attached hydrogen (secondary N) is 2. The molecule has 4 rings (SSSR count). The van der Waals surface area contributed by atoms with Crippen molar-refractivity contribution in [1.82, 2.24) is 10.6 Å². The number of primary amides is 1. The van der Waals surface area contributed by atoms with E-state index in [9.17, 15) is 14.4 Å². The highest BCUT2D eigenvalue weighted by Crippen LogP contribution is 2.30. The van der Waals surface area contributed by atoms with E-state index >= 15 is 0 Å². The van der Waals surface area contributed by atoms with Crippen molar-refractivity contribution in [3.05, 3.63) is 95.6 Å². The number of carbonyl (C=O) groups excluding carboxylic acids is 3. The van der Waals surface area contributed by atoms with Crippen LogP contribution in [-0.2, 0) is 34.0 Å². The fourth-order valence-electron chi connectivity index (χ4n) is 3.92. The first-order valence-corrected chi connectivity index (χ1v) is 11.8. The van der Waals surface area contributed by atoms with Crippen LogP contribution >= 0.6 is 0 Å². The highest BCUT2D eigenvalue weighted by Gasteiger charge is 2.30. The minimum Gasteiger partial charge on any atom is -0.485 e. The highest BCUT2D eigenvalue weighted by molar-refractivity contribution is 5.93. The van der Waals surface area contributed by atoms with Gasteiger partial charge in [-0.3, -0.25) is 14.4 Å². The normalized spacial score (nSPS) is 15.6. The molecule has 1 aliphatic rings. The number of ether oxygens (including phenoxy) is 2. The average molecular weight is 488 g/mol. The lowest BCUT2D eigenvalue weighted by Gasteiger charge is -2.19. The molecule has 3 aromatic rings. The van der Waals surface area contributed by atoms with Crippen LogP contribution in [0, 0.1) is 0 Å². The van der Waals surface area contributed by atoms with Gasteiger partial charge in [0.25, 0.3) is 0 Å². The van der Waals surface area contributed by atoms with Crippen LogP contribution in [0.1, 0.15) is 29.5 Å². The van der Waals surface area contributed by atoms with Gasteiger partial charge in [0, 0.05) is 12.8 Å². The van der Waals surface area contributed by atoms with Gasteiger partial charge in [-0.25, -0.2) is 0 Å². The number of benzene rings is 3. The highest BCUT2D eigenvalue weighted by atomic mass is 16.5. The maximum atomic E-state index is 12.5. The number of amides is 3. The molecule has 2 atom stereocenters. The molecule has 1 aliphatic heterocycles. The lowest BCUT2D eigenvalue weighted by Crippen LogP contribution is -2.51. The monoisotopic (exact) mass is 487 g/mol. The standard InChI is InChI=1S/C28H29N3O5/c29-27(33)23(31-28(34)22-12-14-26(32)30-22)15-21-11-13-24(35-17-19-7-3-1-4-8-19)25(16-21)36-18-20-9-5-2-6-10-20/h1-11,13,16,22-23H,12,14-15,17-18H2,(H2,29,33)(H,30,32)(H,31,34)/t22-,23-/m0/s1. The maximum absolute atomic E-state index is 12.5. The van der Waals surface area contributed by atoms with Crippen LogP contribution in [0.25, 0.3) is 0 Å². The van der Waals surface area contributed by atoms with Gasteiger partial charge in [0.2, 0.25) is 17.7 Å². The Labute approximate surface area is 209 Å². The third kappa shape index (κ3) is 6.85. The summed E-state index contributed by atoms with van der Waals surface area (Å²) in [6.07, 6.45) is 0.843. The van der Waals surface area contributed by atoms with E-state index in [4.69, 9.17) is 15.2 Å². The molecule has 0 unspecified atom stereocenters. The van der Waals surface area contributed by atoms with E-state index in [1.807, 2.05) is 66.7 Å². The lowest BCUT2D eigenvalue weighted by molar-refractivity contribution is -0.129. The second-order valence-electron chi connectivity index (χ2n) is 8.66. The Balaban J connectivity index is 1.49. The molecular formula is C28H29N3O5. The predicted molar refractivity (Wildman–Crippen MR) is 134 cm³/mol. The average Bonchev–Trinajstić information content (AvgIpc) is 3.34. The Hall–Kier alpha value is -4.33. The van der Waals surface area contributed by atoms with Gasteiger partial charge < -0.3 is 25.8 Å². The zero-order valence-corrected chi connectivity index (χ0v) is 19.8. The van der Waals surface area contributed by atoms with E-state index in [0.717, 1.165) is 16.7 Å². The van der Waals surface area contributed by atoms with E-state index in [1.165, 1.54) is 0 Å². The predicted octanol–water partition coefficient (Wildman–Crippen LogP) is 2.64. The quantitative estimate of drug-likeness (QED) is 0.384. The summed E-state index contributed by atoms with van der Waals surface area (Å²) in [5.41, 5.74) is 8.33. The Kier molecular flexibility index (Phi) is 8.18. The largest absolute Gasteiger partial charge is 0.485 e. The Bertz CT molecular complexity index is 1200. The lowest BCUT2D eigenvalue weighted by atomic mass is 10.0. The first-order valence-electron chi connectivity index (χ1n) is 11.8. The molecular weight excluding hydrogens is 458 g/mol. The van der Waals surface area contributed by atoms with E-state index in [0.29, 0.717) is 31.1 Å². The molecule has 3 aromatic carbocycles. The molecule has 1 saturated heterocycles. The molecule has 0 spiro atoms. The Morgan fingerprint density at radius 2 is 1.50 bits per heavy atom. The smallest absolute Gasteiger partial charge is 0.243 e. The summed E-state index contributed by atoms with van der Waals surface area (Å²) in [6.45, 7) is 0.707. The van der Waals surface area contributed by atoms with Crippen LogP contribution in [0.3, 0.4) is 0 Å². The molecule has 0 aromatic heterocycles. The number of hydrogen-bond donors (Lipinski definition) is 3. The van der Waals surface area contributed by atoms with Gasteiger partial charge in [-0.15, -0.1) is 0 Å². The number of carbonyl (C=O) groups is 3. The molecule has 0 saturated carbocycles. The van der Waals surface area contributed by atoms with Crippen molar-refractivity contribution in [3.8, 4) is 11.5 Å². The first kappa shape index (κ1) is 24.8. The summed E-state index contributed by atoms with van der Waals surface area (Å²) in [5, 5.41) is 5.26. The molecule has 0 radical (unpaired) electrons. The fraction of sp³-hybridized carbons (Fsp3) is 0.250. The zero-order chi connectivity index (χ0) is 25.3. The fourth-order valence-corrected chi connectivity index (χ4v) is 3.92. The topological polar surface area (TPSA) is 120 Å². The second kappa shape index (κ2) is 11.9. The summed E-state index contributed by atoms with van der Waals surface area (Å²) >= 11 is 0. The van der Waals surface area contributed by atoms with Crippen molar-refractivity contribution in [2.75, 3.05) is 0 Å². The van der Waals surface area contributed by atoms with Crippen molar-refractivity contribution in [2.24, 2.45) is 5.73 Å². The molecule has 3 amide bonds. The van der Waals surface area contributed by atoms with Crippen molar-refractivity contribution in [1.29, 1.82) is 0 Å². The molecule has 0 aliphatic carbocycles. The molecule has 36 heavy (non-hydrogen) atoms. The molecule has 8 nitrogen and oxygen atoms in total. The van der Waals surface area contributed by atoms with E-state index in [1.54, 1.807) is 12.1 Å². The Morgan fingerprint density at radius 3 is 2.06 bits per heavy atom. The minimum absolute atomic E-state index is 0.169. The van der Waals surface area contributed by atoms with Crippen molar-refractivity contribution >= 4 is 17.7 Å². The van der Waals surface area contributed by atoms with E-state index < -0.39 is 23.9 Å². The Morgan fingerprint density at radius 1 is 0.889 bits per heavy atom. The molecule has 186 valence electrons. The van der Waals surface area contributed by atoms with Crippen LogP contribution < -0.4 is 25.8 Å². The van der Waals surface area contributed by atoms with Crippen molar-refractivity contribution in [3.63, 3.8) is 0 Å². The second-order valence-corrected chi connectivity index (χ2v) is 8.66. The molecule has 4 N–H and O–H groups in total. The molecule has 0 bridgehead atoms. The summed E-state index contributed by atoms with van der Waals surface area (Å²) in [4.78, 5) is 36.1. The van der Waals surface area contributed by atoms with Gasteiger partial charge in [0.05, 0.1) is 0 Å². The third-order valence-electron chi connectivity index (χ3n) is 5.89. The van der Waals surface area contributed by atoms with E-state index in [2.05, 4.69) is 10.6 Å². The van der Waals surface area contributed by atoms with E-state index in [-0.39, 0.29) is 18.7 Å². The summed E-state index contributed by atoms with van der Waals surface area (Å²) < 4.78 is 12.1. The minimum atomic E-state index is -0.937. The summed E-state index contributed by atoms with van der Waals surface area (Å²) in [5.74, 6) is -0.189. The summed E-state index contributed by atoms with van der Waals surface area (Å²) in [6, 6.07) is 23.4. The van der Waals surface area contributed by atoms with Crippen molar-refractivity contribution in [2.45, 2.75) is 44.6 Å².